The monoisotopic (exact) mass is 317 g/mol. The number of hydrogen-bond acceptors (Lipinski definition) is 2. The molecule has 1 aliphatic rings. The first-order valence-electron chi connectivity index (χ1n) is 4.38. The Bertz CT molecular complexity index is 376. The number of benzene rings is 1. The summed E-state index contributed by atoms with van der Waals surface area (Å²) in [6.45, 7) is 0. The minimum absolute atomic E-state index is 0.228. The molecule has 0 spiro atoms. The standard InChI is InChI=1S/C10H9Br2NO/c11-7-3-6(4-8(12)9(7)13)10(14)5-1-2-5/h3-5H,1-2,13H2. The van der Waals surface area contributed by atoms with Crippen molar-refractivity contribution in [3.63, 3.8) is 0 Å². The van der Waals surface area contributed by atoms with Gasteiger partial charge in [0.25, 0.3) is 0 Å². The normalized spacial score (nSPS) is 15.6. The van der Waals surface area contributed by atoms with Crippen LogP contribution in [0.4, 0.5) is 5.69 Å². The summed E-state index contributed by atoms with van der Waals surface area (Å²) < 4.78 is 1.55. The van der Waals surface area contributed by atoms with Gasteiger partial charge in [0, 0.05) is 20.4 Å². The highest BCUT2D eigenvalue weighted by Crippen LogP contribution is 2.36. The molecule has 1 aromatic carbocycles. The Kier molecular flexibility index (Phi) is 2.66. The van der Waals surface area contributed by atoms with E-state index in [4.69, 9.17) is 5.73 Å². The third kappa shape index (κ3) is 1.86. The van der Waals surface area contributed by atoms with Crippen LogP contribution in [0.5, 0.6) is 0 Å². The molecular weight excluding hydrogens is 310 g/mol. The van der Waals surface area contributed by atoms with Crippen molar-refractivity contribution >= 4 is 43.3 Å². The van der Waals surface area contributed by atoms with Crippen LogP contribution in [0.1, 0.15) is 23.2 Å². The fourth-order valence-electron chi connectivity index (χ4n) is 1.31. The zero-order valence-corrected chi connectivity index (χ0v) is 10.6. The van der Waals surface area contributed by atoms with Gasteiger partial charge in [-0.1, -0.05) is 0 Å². The van der Waals surface area contributed by atoms with Crippen molar-refractivity contribution in [1.82, 2.24) is 0 Å². The fraction of sp³-hybridized carbons (Fsp3) is 0.300. The zero-order chi connectivity index (χ0) is 10.3. The molecule has 14 heavy (non-hydrogen) atoms. The van der Waals surface area contributed by atoms with Gasteiger partial charge in [0.15, 0.2) is 5.78 Å². The van der Waals surface area contributed by atoms with Crippen molar-refractivity contribution in [3.05, 3.63) is 26.6 Å². The van der Waals surface area contributed by atoms with Crippen molar-refractivity contribution < 1.29 is 4.79 Å². The van der Waals surface area contributed by atoms with Crippen LogP contribution < -0.4 is 5.73 Å². The number of anilines is 1. The van der Waals surface area contributed by atoms with E-state index in [1.807, 2.05) is 0 Å². The van der Waals surface area contributed by atoms with Gasteiger partial charge in [-0.25, -0.2) is 0 Å². The van der Waals surface area contributed by atoms with E-state index in [1.165, 1.54) is 0 Å². The Labute approximate surface area is 99.1 Å². The van der Waals surface area contributed by atoms with Crippen molar-refractivity contribution in [2.75, 3.05) is 5.73 Å². The van der Waals surface area contributed by atoms with E-state index in [2.05, 4.69) is 31.9 Å². The van der Waals surface area contributed by atoms with Gasteiger partial charge < -0.3 is 5.73 Å². The smallest absolute Gasteiger partial charge is 0.166 e. The molecule has 0 unspecified atom stereocenters. The van der Waals surface area contributed by atoms with E-state index in [0.29, 0.717) is 5.69 Å². The number of halogens is 2. The molecule has 74 valence electrons. The van der Waals surface area contributed by atoms with Gasteiger partial charge in [-0.15, -0.1) is 0 Å². The van der Waals surface area contributed by atoms with Gasteiger partial charge in [0.2, 0.25) is 0 Å². The Morgan fingerprint density at radius 3 is 2.21 bits per heavy atom. The summed E-state index contributed by atoms with van der Waals surface area (Å²) in [6, 6.07) is 3.58. The van der Waals surface area contributed by atoms with E-state index in [0.717, 1.165) is 27.4 Å². The Hall–Kier alpha value is -0.350. The molecule has 0 aromatic heterocycles. The van der Waals surface area contributed by atoms with Crippen LogP contribution in [0.15, 0.2) is 21.1 Å². The number of nitrogen functional groups attached to an aromatic ring is 1. The third-order valence-corrected chi connectivity index (χ3v) is 3.62. The Morgan fingerprint density at radius 1 is 1.29 bits per heavy atom. The SMILES string of the molecule is Nc1c(Br)cc(C(=O)C2CC2)cc1Br. The first-order chi connectivity index (χ1) is 6.59. The molecule has 1 aromatic rings. The second kappa shape index (κ2) is 3.66. The fourth-order valence-corrected chi connectivity index (χ4v) is 2.49. The van der Waals surface area contributed by atoms with Crippen molar-refractivity contribution in [2.45, 2.75) is 12.8 Å². The van der Waals surface area contributed by atoms with Crippen molar-refractivity contribution in [2.24, 2.45) is 5.92 Å². The number of ketones is 1. The van der Waals surface area contributed by atoms with Gasteiger partial charge in [-0.05, 0) is 56.8 Å². The number of rotatable bonds is 2. The molecule has 0 heterocycles. The van der Waals surface area contributed by atoms with E-state index < -0.39 is 0 Å². The minimum Gasteiger partial charge on any atom is -0.397 e. The lowest BCUT2D eigenvalue weighted by Crippen LogP contribution is -2.02. The molecule has 2 rings (SSSR count). The number of hydrogen-bond donors (Lipinski definition) is 1. The molecule has 1 aliphatic carbocycles. The molecule has 2 nitrogen and oxygen atoms in total. The van der Waals surface area contributed by atoms with E-state index in [9.17, 15) is 4.79 Å². The average Bonchev–Trinajstić information content (AvgIpc) is 2.95. The van der Waals surface area contributed by atoms with E-state index in [1.54, 1.807) is 12.1 Å². The highest BCUT2D eigenvalue weighted by molar-refractivity contribution is 9.11. The van der Waals surface area contributed by atoms with Crippen molar-refractivity contribution in [1.29, 1.82) is 0 Å². The predicted octanol–water partition coefficient (Wildman–Crippen LogP) is 3.39. The maximum Gasteiger partial charge on any atom is 0.166 e. The average molecular weight is 319 g/mol. The van der Waals surface area contributed by atoms with Crippen LogP contribution in [0.25, 0.3) is 0 Å². The molecule has 0 amide bonds. The van der Waals surface area contributed by atoms with Gasteiger partial charge in [0.05, 0.1) is 5.69 Å². The van der Waals surface area contributed by atoms with Crippen LogP contribution in [0.2, 0.25) is 0 Å². The molecule has 1 saturated carbocycles. The summed E-state index contributed by atoms with van der Waals surface area (Å²) in [5.74, 6) is 0.476. The molecule has 4 heteroatoms. The topological polar surface area (TPSA) is 43.1 Å². The van der Waals surface area contributed by atoms with Gasteiger partial charge in [-0.2, -0.15) is 0 Å². The summed E-state index contributed by atoms with van der Waals surface area (Å²) in [5, 5.41) is 0. The molecule has 0 radical (unpaired) electrons. The summed E-state index contributed by atoms with van der Waals surface area (Å²) in [6.07, 6.45) is 2.05. The third-order valence-electron chi connectivity index (χ3n) is 2.31. The van der Waals surface area contributed by atoms with Crippen LogP contribution in [-0.2, 0) is 0 Å². The first-order valence-corrected chi connectivity index (χ1v) is 5.97. The quantitative estimate of drug-likeness (QED) is 0.671. The lowest BCUT2D eigenvalue weighted by atomic mass is 10.1. The van der Waals surface area contributed by atoms with Crippen LogP contribution in [-0.4, -0.2) is 5.78 Å². The second-order valence-corrected chi connectivity index (χ2v) is 5.20. The summed E-state index contributed by atoms with van der Waals surface area (Å²) >= 11 is 6.65. The lowest BCUT2D eigenvalue weighted by Gasteiger charge is -2.05. The number of Topliss-reactive ketones (excluding diaryl/α,β-unsaturated/α-hetero) is 1. The largest absolute Gasteiger partial charge is 0.397 e. The lowest BCUT2D eigenvalue weighted by molar-refractivity contribution is 0.0967. The predicted molar refractivity (Wildman–Crippen MR) is 63.3 cm³/mol. The molecule has 0 bridgehead atoms. The molecule has 0 saturated heterocycles. The number of carbonyl (C=O) groups is 1. The minimum atomic E-state index is 0.228. The highest BCUT2D eigenvalue weighted by Gasteiger charge is 2.30. The Morgan fingerprint density at radius 2 is 1.79 bits per heavy atom. The van der Waals surface area contributed by atoms with E-state index >= 15 is 0 Å². The second-order valence-electron chi connectivity index (χ2n) is 3.49. The number of carbonyl (C=O) groups excluding carboxylic acids is 1. The number of nitrogens with two attached hydrogens (primary N) is 1. The summed E-state index contributed by atoms with van der Waals surface area (Å²) in [4.78, 5) is 11.7. The first kappa shape index (κ1) is 10.2. The van der Waals surface area contributed by atoms with Crippen LogP contribution in [0.3, 0.4) is 0 Å². The summed E-state index contributed by atoms with van der Waals surface area (Å²) in [7, 11) is 0. The molecule has 0 aliphatic heterocycles. The molecule has 1 fully saturated rings. The molecular formula is C10H9Br2NO. The zero-order valence-electron chi connectivity index (χ0n) is 7.39. The maximum absolute atomic E-state index is 11.7. The Balaban J connectivity index is 2.39. The van der Waals surface area contributed by atoms with Crippen LogP contribution >= 0.6 is 31.9 Å². The molecule has 2 N–H and O–H groups in total. The van der Waals surface area contributed by atoms with Crippen LogP contribution in [0, 0.1) is 5.92 Å². The van der Waals surface area contributed by atoms with Gasteiger partial charge in [0.1, 0.15) is 0 Å². The highest BCUT2D eigenvalue weighted by atomic mass is 79.9. The van der Waals surface area contributed by atoms with E-state index in [-0.39, 0.29) is 11.7 Å². The summed E-state index contributed by atoms with van der Waals surface area (Å²) in [5.41, 5.74) is 7.11. The van der Waals surface area contributed by atoms with Crippen molar-refractivity contribution in [3.8, 4) is 0 Å². The molecule has 0 atom stereocenters. The van der Waals surface area contributed by atoms with Gasteiger partial charge >= 0.3 is 0 Å². The van der Waals surface area contributed by atoms with Gasteiger partial charge in [-0.3, -0.25) is 4.79 Å². The maximum atomic E-state index is 11.7.